The molecule has 0 aliphatic rings. The van der Waals surface area contributed by atoms with Crippen molar-refractivity contribution in [2.75, 3.05) is 11.9 Å². The standard InChI is InChI=1S/C19H27N3O5/c1-11(2)9-15(23)22-17(12(3)4)19(27)21-14-7-5-13(6-8-14)18(26)20-10-16(24)25/h5-8,11-12,17H,9-10H2,1-4H3,(H,20,26)(H,21,27)(H,22,23)(H,24,25). The first-order chi connectivity index (χ1) is 12.6. The molecule has 0 aliphatic heterocycles. The highest BCUT2D eigenvalue weighted by molar-refractivity contribution is 5.99. The van der Waals surface area contributed by atoms with Crippen LogP contribution >= 0.6 is 0 Å². The minimum absolute atomic E-state index is 0.0952. The van der Waals surface area contributed by atoms with Crippen molar-refractivity contribution in [2.24, 2.45) is 11.8 Å². The Labute approximate surface area is 158 Å². The number of hydrogen-bond donors (Lipinski definition) is 4. The van der Waals surface area contributed by atoms with Crippen molar-refractivity contribution in [3.05, 3.63) is 29.8 Å². The lowest BCUT2D eigenvalue weighted by atomic mass is 10.0. The van der Waals surface area contributed by atoms with Crippen molar-refractivity contribution < 1.29 is 24.3 Å². The molecule has 1 aromatic rings. The number of carboxylic acid groups (broad SMARTS) is 1. The van der Waals surface area contributed by atoms with Gasteiger partial charge in [0.1, 0.15) is 12.6 Å². The molecular weight excluding hydrogens is 350 g/mol. The zero-order chi connectivity index (χ0) is 20.6. The fraction of sp³-hybridized carbons (Fsp3) is 0.474. The molecule has 0 aromatic heterocycles. The Morgan fingerprint density at radius 3 is 2.07 bits per heavy atom. The number of benzene rings is 1. The Morgan fingerprint density at radius 1 is 1.00 bits per heavy atom. The summed E-state index contributed by atoms with van der Waals surface area (Å²) in [5, 5.41) is 16.3. The minimum Gasteiger partial charge on any atom is -0.480 e. The summed E-state index contributed by atoms with van der Waals surface area (Å²) in [6.07, 6.45) is 0.344. The van der Waals surface area contributed by atoms with Crippen LogP contribution in [0.3, 0.4) is 0 Å². The van der Waals surface area contributed by atoms with Crippen molar-refractivity contribution in [1.29, 1.82) is 0 Å². The van der Waals surface area contributed by atoms with Gasteiger partial charge in [0.15, 0.2) is 0 Å². The number of carbonyl (C=O) groups excluding carboxylic acids is 3. The van der Waals surface area contributed by atoms with Gasteiger partial charge in [0.25, 0.3) is 5.91 Å². The molecule has 0 heterocycles. The van der Waals surface area contributed by atoms with Crippen LogP contribution in [0.5, 0.6) is 0 Å². The summed E-state index contributed by atoms with van der Waals surface area (Å²) in [6.45, 7) is 7.07. The number of hydrogen-bond acceptors (Lipinski definition) is 4. The van der Waals surface area contributed by atoms with Crippen LogP contribution in [0.4, 0.5) is 5.69 Å². The van der Waals surface area contributed by atoms with Crippen molar-refractivity contribution in [1.82, 2.24) is 10.6 Å². The summed E-state index contributed by atoms with van der Waals surface area (Å²) in [6, 6.07) is 5.37. The molecule has 1 aromatic carbocycles. The molecule has 0 aliphatic carbocycles. The van der Waals surface area contributed by atoms with Crippen molar-refractivity contribution in [3.8, 4) is 0 Å². The maximum atomic E-state index is 12.5. The van der Waals surface area contributed by atoms with Crippen molar-refractivity contribution in [3.63, 3.8) is 0 Å². The SMILES string of the molecule is CC(C)CC(=O)NC(C(=O)Nc1ccc(C(=O)NCC(=O)O)cc1)C(C)C. The van der Waals surface area contributed by atoms with Gasteiger partial charge in [0, 0.05) is 17.7 Å². The summed E-state index contributed by atoms with van der Waals surface area (Å²) < 4.78 is 0. The lowest BCUT2D eigenvalue weighted by molar-refractivity contribution is -0.135. The maximum Gasteiger partial charge on any atom is 0.322 e. The van der Waals surface area contributed by atoms with Crippen LogP contribution in [0.1, 0.15) is 44.5 Å². The zero-order valence-electron chi connectivity index (χ0n) is 16.0. The first-order valence-corrected chi connectivity index (χ1v) is 8.80. The molecule has 8 nitrogen and oxygen atoms in total. The highest BCUT2D eigenvalue weighted by atomic mass is 16.4. The van der Waals surface area contributed by atoms with Crippen molar-refractivity contribution in [2.45, 2.75) is 40.2 Å². The fourth-order valence-electron chi connectivity index (χ4n) is 2.32. The highest BCUT2D eigenvalue weighted by Crippen LogP contribution is 2.12. The lowest BCUT2D eigenvalue weighted by Crippen LogP contribution is -2.47. The van der Waals surface area contributed by atoms with E-state index >= 15 is 0 Å². The Hall–Kier alpha value is -2.90. The maximum absolute atomic E-state index is 12.5. The topological polar surface area (TPSA) is 125 Å². The Bertz CT molecular complexity index is 683. The van der Waals surface area contributed by atoms with Crippen LogP contribution in [-0.2, 0) is 14.4 Å². The number of rotatable bonds is 9. The van der Waals surface area contributed by atoms with E-state index in [9.17, 15) is 19.2 Å². The molecular formula is C19H27N3O5. The van der Waals surface area contributed by atoms with Crippen LogP contribution in [0.25, 0.3) is 0 Å². The second-order valence-corrected chi connectivity index (χ2v) is 7.03. The Kier molecular flexibility index (Phi) is 8.44. The summed E-state index contributed by atoms with van der Waals surface area (Å²) in [5.41, 5.74) is 0.749. The summed E-state index contributed by atoms with van der Waals surface area (Å²) in [5.74, 6) is -2.07. The Morgan fingerprint density at radius 2 is 1.59 bits per heavy atom. The van der Waals surface area contributed by atoms with E-state index in [1.807, 2.05) is 27.7 Å². The molecule has 4 N–H and O–H groups in total. The molecule has 148 valence electrons. The predicted octanol–water partition coefficient (Wildman–Crippen LogP) is 1.63. The van der Waals surface area contributed by atoms with Gasteiger partial charge in [-0.3, -0.25) is 19.2 Å². The van der Waals surface area contributed by atoms with Gasteiger partial charge in [0.05, 0.1) is 0 Å². The number of aliphatic carboxylic acids is 1. The normalized spacial score (nSPS) is 11.8. The number of nitrogens with one attached hydrogen (secondary N) is 3. The third-order valence-electron chi connectivity index (χ3n) is 3.67. The highest BCUT2D eigenvalue weighted by Gasteiger charge is 2.24. The van der Waals surface area contributed by atoms with E-state index in [1.165, 1.54) is 12.1 Å². The van der Waals surface area contributed by atoms with E-state index < -0.39 is 24.5 Å². The third kappa shape index (κ3) is 7.89. The molecule has 1 unspecified atom stereocenters. The van der Waals surface area contributed by atoms with E-state index in [-0.39, 0.29) is 29.2 Å². The number of carboxylic acids is 1. The number of anilines is 1. The number of carbonyl (C=O) groups is 4. The van der Waals surface area contributed by atoms with E-state index in [2.05, 4.69) is 16.0 Å². The van der Waals surface area contributed by atoms with Gasteiger partial charge in [-0.2, -0.15) is 0 Å². The molecule has 27 heavy (non-hydrogen) atoms. The van der Waals surface area contributed by atoms with Gasteiger partial charge < -0.3 is 21.1 Å². The molecule has 0 saturated heterocycles. The minimum atomic E-state index is -1.13. The molecule has 0 saturated carbocycles. The van der Waals surface area contributed by atoms with E-state index in [4.69, 9.17) is 5.11 Å². The van der Waals surface area contributed by atoms with Crippen LogP contribution in [0.15, 0.2) is 24.3 Å². The van der Waals surface area contributed by atoms with Crippen molar-refractivity contribution >= 4 is 29.4 Å². The zero-order valence-corrected chi connectivity index (χ0v) is 16.0. The number of amides is 3. The van der Waals surface area contributed by atoms with Crippen LogP contribution in [0.2, 0.25) is 0 Å². The molecule has 3 amide bonds. The molecule has 0 fully saturated rings. The Balaban J connectivity index is 2.72. The largest absolute Gasteiger partial charge is 0.480 e. The van der Waals surface area contributed by atoms with Gasteiger partial charge in [-0.25, -0.2) is 0 Å². The van der Waals surface area contributed by atoms with Gasteiger partial charge in [0.2, 0.25) is 11.8 Å². The van der Waals surface area contributed by atoms with Crippen LogP contribution in [0, 0.1) is 11.8 Å². The third-order valence-corrected chi connectivity index (χ3v) is 3.67. The van der Waals surface area contributed by atoms with Crippen LogP contribution in [-0.4, -0.2) is 41.4 Å². The summed E-state index contributed by atoms with van der Waals surface area (Å²) >= 11 is 0. The first kappa shape index (κ1) is 22.1. The second kappa shape index (κ2) is 10.3. The molecule has 0 radical (unpaired) electrons. The average Bonchev–Trinajstić information content (AvgIpc) is 2.57. The first-order valence-electron chi connectivity index (χ1n) is 8.80. The molecule has 1 atom stereocenters. The smallest absolute Gasteiger partial charge is 0.322 e. The van der Waals surface area contributed by atoms with E-state index in [0.29, 0.717) is 12.1 Å². The molecule has 0 spiro atoms. The van der Waals surface area contributed by atoms with Gasteiger partial charge in [-0.05, 0) is 36.1 Å². The summed E-state index contributed by atoms with van der Waals surface area (Å²) in [7, 11) is 0. The monoisotopic (exact) mass is 377 g/mol. The second-order valence-electron chi connectivity index (χ2n) is 7.03. The van der Waals surface area contributed by atoms with Gasteiger partial charge in [-0.1, -0.05) is 27.7 Å². The molecule has 0 bridgehead atoms. The fourth-order valence-corrected chi connectivity index (χ4v) is 2.32. The van der Waals surface area contributed by atoms with E-state index in [0.717, 1.165) is 0 Å². The van der Waals surface area contributed by atoms with Crippen LogP contribution < -0.4 is 16.0 Å². The van der Waals surface area contributed by atoms with E-state index in [1.54, 1.807) is 12.1 Å². The quantitative estimate of drug-likeness (QED) is 0.520. The average molecular weight is 377 g/mol. The lowest BCUT2D eigenvalue weighted by Gasteiger charge is -2.22. The predicted molar refractivity (Wildman–Crippen MR) is 101 cm³/mol. The van der Waals surface area contributed by atoms with Gasteiger partial charge in [-0.15, -0.1) is 0 Å². The molecule has 8 heteroatoms. The molecule has 1 rings (SSSR count). The summed E-state index contributed by atoms with van der Waals surface area (Å²) in [4.78, 5) is 46.7. The van der Waals surface area contributed by atoms with Gasteiger partial charge >= 0.3 is 5.97 Å².